The minimum atomic E-state index is -0.522. The largest absolute Gasteiger partial charge is 0.509 e. The van der Waals surface area contributed by atoms with Crippen molar-refractivity contribution >= 4 is 28.7 Å². The summed E-state index contributed by atoms with van der Waals surface area (Å²) >= 11 is 2.03. The van der Waals surface area contributed by atoms with Crippen LogP contribution >= 0.6 is 22.6 Å². The molecular formula is C10H17IO3. The molecule has 3 unspecified atom stereocenters. The quantitative estimate of drug-likeness (QED) is 0.445. The minimum Gasteiger partial charge on any atom is -0.431 e. The van der Waals surface area contributed by atoms with Crippen LogP contribution in [0.5, 0.6) is 0 Å². The van der Waals surface area contributed by atoms with Gasteiger partial charge in [-0.25, -0.2) is 4.79 Å². The Bertz CT molecular complexity index is 194. The van der Waals surface area contributed by atoms with E-state index < -0.39 is 6.16 Å². The Hall–Kier alpha value is 0. The van der Waals surface area contributed by atoms with Crippen molar-refractivity contribution in [2.24, 2.45) is 5.92 Å². The number of hydrogen-bond donors (Lipinski definition) is 0. The summed E-state index contributed by atoms with van der Waals surface area (Å²) in [5.41, 5.74) is 0. The van der Waals surface area contributed by atoms with Gasteiger partial charge in [-0.3, -0.25) is 0 Å². The number of hydrogen-bond acceptors (Lipinski definition) is 3. The molecule has 82 valence electrons. The third-order valence-corrected chi connectivity index (χ3v) is 2.66. The van der Waals surface area contributed by atoms with Gasteiger partial charge in [0.2, 0.25) is 0 Å². The van der Waals surface area contributed by atoms with E-state index in [1.165, 1.54) is 6.42 Å². The highest BCUT2D eigenvalue weighted by Crippen LogP contribution is 2.26. The van der Waals surface area contributed by atoms with Crippen LogP contribution in [0.1, 0.15) is 39.5 Å². The molecule has 0 radical (unpaired) electrons. The summed E-state index contributed by atoms with van der Waals surface area (Å²) in [5.74, 6) is 0.665. The van der Waals surface area contributed by atoms with Crippen LogP contribution in [-0.4, -0.2) is 16.4 Å². The molecule has 0 aliphatic heterocycles. The lowest BCUT2D eigenvalue weighted by atomic mass is 9.89. The van der Waals surface area contributed by atoms with Gasteiger partial charge in [-0.15, -0.1) is 0 Å². The molecule has 4 heteroatoms. The normalized spacial score (nSPS) is 29.4. The lowest BCUT2D eigenvalue weighted by molar-refractivity contribution is 0.00400. The van der Waals surface area contributed by atoms with E-state index in [4.69, 9.17) is 9.47 Å². The maximum atomic E-state index is 11.2. The third kappa shape index (κ3) is 4.48. The Kier molecular flexibility index (Phi) is 4.98. The molecule has 0 aromatic rings. The first-order valence-corrected chi connectivity index (χ1v) is 6.34. The van der Waals surface area contributed by atoms with Gasteiger partial charge in [0.1, 0.15) is 6.10 Å². The van der Waals surface area contributed by atoms with Crippen molar-refractivity contribution in [3.63, 3.8) is 0 Å². The fourth-order valence-electron chi connectivity index (χ4n) is 1.78. The second-order valence-electron chi connectivity index (χ2n) is 3.92. The number of carbonyl (C=O) groups is 1. The topological polar surface area (TPSA) is 35.5 Å². The maximum Gasteiger partial charge on any atom is 0.509 e. The molecule has 1 aliphatic rings. The van der Waals surface area contributed by atoms with Crippen molar-refractivity contribution in [1.82, 2.24) is 0 Å². The first-order chi connectivity index (χ1) is 6.58. The molecule has 0 amide bonds. The van der Waals surface area contributed by atoms with Gasteiger partial charge in [-0.1, -0.05) is 13.3 Å². The van der Waals surface area contributed by atoms with Crippen molar-refractivity contribution in [2.45, 2.75) is 49.7 Å². The van der Waals surface area contributed by atoms with Crippen LogP contribution in [0.15, 0.2) is 0 Å². The molecule has 0 bridgehead atoms. The standard InChI is InChI=1S/C10H17IO3/c1-7-4-3-5-9(6-7)14-10(12)13-8(2)11/h7-9H,3-6H2,1-2H3. The van der Waals surface area contributed by atoms with Crippen LogP contribution < -0.4 is 0 Å². The molecule has 1 saturated carbocycles. The average Bonchev–Trinajstić information content (AvgIpc) is 2.01. The summed E-state index contributed by atoms with van der Waals surface area (Å²) in [6.07, 6.45) is 3.91. The van der Waals surface area contributed by atoms with E-state index >= 15 is 0 Å². The van der Waals surface area contributed by atoms with Crippen LogP contribution in [0.25, 0.3) is 0 Å². The highest BCUT2D eigenvalue weighted by atomic mass is 127. The molecule has 0 aromatic heterocycles. The predicted octanol–water partition coefficient (Wildman–Crippen LogP) is 3.50. The van der Waals surface area contributed by atoms with Gasteiger partial charge in [0.15, 0.2) is 4.11 Å². The predicted molar refractivity (Wildman–Crippen MR) is 62.5 cm³/mol. The highest BCUT2D eigenvalue weighted by molar-refractivity contribution is 14.1. The van der Waals surface area contributed by atoms with E-state index in [0.29, 0.717) is 5.92 Å². The molecule has 3 atom stereocenters. The minimum absolute atomic E-state index is 0.0707. The van der Waals surface area contributed by atoms with E-state index in [2.05, 4.69) is 6.92 Å². The lowest BCUT2D eigenvalue weighted by Gasteiger charge is -2.26. The van der Waals surface area contributed by atoms with Gasteiger partial charge in [0, 0.05) is 0 Å². The molecule has 0 heterocycles. The second kappa shape index (κ2) is 5.78. The fraction of sp³-hybridized carbons (Fsp3) is 0.900. The monoisotopic (exact) mass is 312 g/mol. The SMILES string of the molecule is CC1CCCC(OC(=O)OC(C)I)C1. The molecular weight excluding hydrogens is 295 g/mol. The van der Waals surface area contributed by atoms with Crippen molar-refractivity contribution in [1.29, 1.82) is 0 Å². The second-order valence-corrected chi connectivity index (χ2v) is 5.68. The van der Waals surface area contributed by atoms with Crippen LogP contribution in [0, 0.1) is 5.92 Å². The van der Waals surface area contributed by atoms with Crippen LogP contribution in [0.4, 0.5) is 4.79 Å². The molecule has 0 spiro atoms. The number of rotatable bonds is 2. The zero-order chi connectivity index (χ0) is 10.6. The number of halogens is 1. The summed E-state index contributed by atoms with van der Waals surface area (Å²) in [4.78, 5) is 11.2. The third-order valence-electron chi connectivity index (χ3n) is 2.41. The zero-order valence-electron chi connectivity index (χ0n) is 8.66. The molecule has 0 aromatic carbocycles. The number of carbonyl (C=O) groups excluding carboxylic acids is 1. The van der Waals surface area contributed by atoms with E-state index in [9.17, 15) is 4.79 Å². The van der Waals surface area contributed by atoms with E-state index in [1.807, 2.05) is 29.5 Å². The number of ether oxygens (including phenoxy) is 2. The summed E-state index contributed by atoms with van der Waals surface area (Å²) in [6.45, 7) is 4.01. The Labute approximate surface area is 98.7 Å². The Balaban J connectivity index is 2.25. The molecule has 1 fully saturated rings. The Morgan fingerprint density at radius 1 is 1.50 bits per heavy atom. The first-order valence-electron chi connectivity index (χ1n) is 5.09. The van der Waals surface area contributed by atoms with Crippen LogP contribution in [-0.2, 0) is 9.47 Å². The molecule has 1 rings (SSSR count). The molecule has 1 aliphatic carbocycles. The number of alkyl halides is 1. The van der Waals surface area contributed by atoms with Crippen LogP contribution in [0.2, 0.25) is 0 Å². The smallest absolute Gasteiger partial charge is 0.431 e. The lowest BCUT2D eigenvalue weighted by Crippen LogP contribution is -2.25. The summed E-state index contributed by atoms with van der Waals surface area (Å²) in [6, 6.07) is 0. The van der Waals surface area contributed by atoms with Crippen LogP contribution in [0.3, 0.4) is 0 Å². The van der Waals surface area contributed by atoms with Gasteiger partial charge >= 0.3 is 6.16 Å². The summed E-state index contributed by atoms with van der Waals surface area (Å²) in [5, 5.41) is 0. The van der Waals surface area contributed by atoms with Gasteiger partial charge in [0.05, 0.1) is 0 Å². The van der Waals surface area contributed by atoms with Gasteiger partial charge in [0.25, 0.3) is 0 Å². The Morgan fingerprint density at radius 2 is 2.21 bits per heavy atom. The molecule has 0 N–H and O–H groups in total. The van der Waals surface area contributed by atoms with Gasteiger partial charge in [-0.2, -0.15) is 0 Å². The fourth-order valence-corrected chi connectivity index (χ4v) is 1.99. The van der Waals surface area contributed by atoms with E-state index in [0.717, 1.165) is 19.3 Å². The van der Waals surface area contributed by atoms with Crippen molar-refractivity contribution in [2.75, 3.05) is 0 Å². The Morgan fingerprint density at radius 3 is 2.79 bits per heavy atom. The van der Waals surface area contributed by atoms with E-state index in [-0.39, 0.29) is 10.2 Å². The van der Waals surface area contributed by atoms with Gasteiger partial charge in [-0.05, 0) is 54.7 Å². The zero-order valence-corrected chi connectivity index (χ0v) is 10.8. The van der Waals surface area contributed by atoms with Crippen molar-refractivity contribution in [3.05, 3.63) is 0 Å². The molecule has 0 saturated heterocycles. The van der Waals surface area contributed by atoms with Crippen molar-refractivity contribution in [3.8, 4) is 0 Å². The first kappa shape index (κ1) is 12.1. The van der Waals surface area contributed by atoms with Gasteiger partial charge < -0.3 is 9.47 Å². The van der Waals surface area contributed by atoms with Crippen molar-refractivity contribution < 1.29 is 14.3 Å². The maximum absolute atomic E-state index is 11.2. The molecule has 3 nitrogen and oxygen atoms in total. The summed E-state index contributed by atoms with van der Waals surface area (Å²) in [7, 11) is 0. The van der Waals surface area contributed by atoms with E-state index in [1.54, 1.807) is 0 Å². The molecule has 14 heavy (non-hydrogen) atoms. The highest BCUT2D eigenvalue weighted by Gasteiger charge is 2.23. The average molecular weight is 312 g/mol. The summed E-state index contributed by atoms with van der Waals surface area (Å²) < 4.78 is 10.00.